The largest absolute Gasteiger partial charge is 0.313 e. The van der Waals surface area contributed by atoms with Crippen LogP contribution >= 0.6 is 0 Å². The van der Waals surface area contributed by atoms with E-state index in [4.69, 9.17) is 0 Å². The van der Waals surface area contributed by atoms with Gasteiger partial charge in [0.25, 0.3) is 0 Å². The Balaban J connectivity index is 3.07. The lowest BCUT2D eigenvalue weighted by Gasteiger charge is -2.18. The van der Waals surface area contributed by atoms with Crippen molar-refractivity contribution in [2.24, 2.45) is 0 Å². The quantitative estimate of drug-likeness (QED) is 0.591. The van der Waals surface area contributed by atoms with E-state index in [1.165, 1.54) is 4.31 Å². The lowest BCUT2D eigenvalue weighted by atomic mass is 10.1. The summed E-state index contributed by atoms with van der Waals surface area (Å²) in [6, 6.07) is 5.42. The number of likely N-dealkylation sites (N-methyl/N-ethyl adjacent to an activating group) is 1. The van der Waals surface area contributed by atoms with Gasteiger partial charge in [-0.3, -0.25) is 0 Å². The summed E-state index contributed by atoms with van der Waals surface area (Å²) in [5.41, 5.74) is 1.83. The van der Waals surface area contributed by atoms with Crippen molar-refractivity contribution in [1.29, 1.82) is 0 Å². The van der Waals surface area contributed by atoms with E-state index in [0.29, 0.717) is 18.0 Å². The number of hydrogen-bond acceptors (Lipinski definition) is 3. The summed E-state index contributed by atoms with van der Waals surface area (Å²) in [6.45, 7) is 9.46. The number of rotatable bonds is 8. The Labute approximate surface area is 122 Å². The highest BCUT2D eigenvalue weighted by molar-refractivity contribution is 7.89. The Morgan fingerprint density at radius 1 is 1.40 bits per heavy atom. The summed E-state index contributed by atoms with van der Waals surface area (Å²) in [6.07, 6.45) is 2.64. The number of nitrogens with zero attached hydrogens (tertiary/aromatic N) is 1. The van der Waals surface area contributed by atoms with Gasteiger partial charge < -0.3 is 5.32 Å². The van der Waals surface area contributed by atoms with Gasteiger partial charge in [0.05, 0.1) is 4.90 Å². The standard InChI is InChI=1S/C15H24N2O2S/c1-5-10-16-12-14-8-7-9-15(13(14)3)20(18,19)17(4)11-6-2/h6-9,16H,2,5,10-12H2,1,3-4H3. The molecule has 4 nitrogen and oxygen atoms in total. The molecule has 0 bridgehead atoms. The third kappa shape index (κ3) is 3.91. The zero-order chi connectivity index (χ0) is 15.2. The summed E-state index contributed by atoms with van der Waals surface area (Å²) >= 11 is 0. The van der Waals surface area contributed by atoms with Gasteiger partial charge in [-0.05, 0) is 37.1 Å². The van der Waals surface area contributed by atoms with E-state index in [9.17, 15) is 8.42 Å². The van der Waals surface area contributed by atoms with Crippen LogP contribution in [-0.4, -0.2) is 32.9 Å². The van der Waals surface area contributed by atoms with Crippen LogP contribution in [0.2, 0.25) is 0 Å². The molecule has 1 N–H and O–H groups in total. The maximum Gasteiger partial charge on any atom is 0.243 e. The topological polar surface area (TPSA) is 49.4 Å². The Morgan fingerprint density at radius 3 is 2.70 bits per heavy atom. The van der Waals surface area contributed by atoms with Crippen molar-refractivity contribution in [3.05, 3.63) is 42.0 Å². The molecular formula is C15H24N2O2S. The molecule has 0 fully saturated rings. The Bertz CT molecular complexity index is 553. The summed E-state index contributed by atoms with van der Waals surface area (Å²) in [4.78, 5) is 0.373. The molecule has 1 aromatic rings. The van der Waals surface area contributed by atoms with Crippen molar-refractivity contribution < 1.29 is 8.42 Å². The van der Waals surface area contributed by atoms with Crippen LogP contribution in [0.25, 0.3) is 0 Å². The van der Waals surface area contributed by atoms with E-state index in [1.807, 2.05) is 13.0 Å². The van der Waals surface area contributed by atoms with E-state index in [0.717, 1.165) is 24.1 Å². The van der Waals surface area contributed by atoms with Crippen LogP contribution in [0.4, 0.5) is 0 Å². The molecule has 0 unspecified atom stereocenters. The second-order valence-corrected chi connectivity index (χ2v) is 6.80. The minimum Gasteiger partial charge on any atom is -0.313 e. The number of nitrogens with one attached hydrogen (secondary N) is 1. The van der Waals surface area contributed by atoms with E-state index in [2.05, 4.69) is 18.8 Å². The molecular weight excluding hydrogens is 272 g/mol. The van der Waals surface area contributed by atoms with Crippen LogP contribution in [0.3, 0.4) is 0 Å². The van der Waals surface area contributed by atoms with Crippen LogP contribution in [0.15, 0.2) is 35.7 Å². The molecule has 5 heteroatoms. The molecule has 0 aliphatic carbocycles. The minimum absolute atomic E-state index is 0.306. The van der Waals surface area contributed by atoms with E-state index in [1.54, 1.807) is 25.3 Å². The molecule has 0 radical (unpaired) electrons. The normalized spacial score (nSPS) is 11.8. The molecule has 1 rings (SSSR count). The second kappa shape index (κ2) is 7.57. The van der Waals surface area contributed by atoms with Crippen molar-refractivity contribution in [3.63, 3.8) is 0 Å². The first kappa shape index (κ1) is 16.9. The predicted octanol–water partition coefficient (Wildman–Crippen LogP) is 2.30. The zero-order valence-corrected chi connectivity index (χ0v) is 13.3. The van der Waals surface area contributed by atoms with Gasteiger partial charge in [0.1, 0.15) is 0 Å². The summed E-state index contributed by atoms with van der Waals surface area (Å²) in [5, 5.41) is 3.30. The number of benzene rings is 1. The first-order valence-corrected chi connectivity index (χ1v) is 8.25. The average Bonchev–Trinajstić information content (AvgIpc) is 2.41. The molecule has 0 saturated heterocycles. The highest BCUT2D eigenvalue weighted by Gasteiger charge is 2.22. The molecule has 0 heterocycles. The molecule has 0 aliphatic rings. The first-order chi connectivity index (χ1) is 9.45. The van der Waals surface area contributed by atoms with Gasteiger partial charge in [-0.2, -0.15) is 4.31 Å². The SMILES string of the molecule is C=CCN(C)S(=O)(=O)c1cccc(CNCCC)c1C. The Hall–Kier alpha value is -1.17. The van der Waals surface area contributed by atoms with Crippen LogP contribution < -0.4 is 5.32 Å². The predicted molar refractivity (Wildman–Crippen MR) is 83.2 cm³/mol. The first-order valence-electron chi connectivity index (χ1n) is 6.81. The lowest BCUT2D eigenvalue weighted by molar-refractivity contribution is 0.498. The van der Waals surface area contributed by atoms with Crippen LogP contribution in [0.1, 0.15) is 24.5 Å². The maximum atomic E-state index is 12.5. The van der Waals surface area contributed by atoms with Crippen molar-refractivity contribution in [2.75, 3.05) is 20.1 Å². The highest BCUT2D eigenvalue weighted by Crippen LogP contribution is 2.21. The third-order valence-electron chi connectivity index (χ3n) is 3.21. The molecule has 0 amide bonds. The summed E-state index contributed by atoms with van der Waals surface area (Å²) in [5.74, 6) is 0. The van der Waals surface area contributed by atoms with Gasteiger partial charge in [-0.15, -0.1) is 6.58 Å². The van der Waals surface area contributed by atoms with E-state index < -0.39 is 10.0 Å². The second-order valence-electron chi connectivity index (χ2n) is 4.79. The molecule has 1 aromatic carbocycles. The molecule has 0 aliphatic heterocycles. The van der Waals surface area contributed by atoms with Gasteiger partial charge in [0, 0.05) is 20.1 Å². The van der Waals surface area contributed by atoms with Gasteiger partial charge in [0.15, 0.2) is 0 Å². The molecule has 0 spiro atoms. The van der Waals surface area contributed by atoms with Gasteiger partial charge in [-0.25, -0.2) is 8.42 Å². The average molecular weight is 296 g/mol. The van der Waals surface area contributed by atoms with Crippen molar-refractivity contribution >= 4 is 10.0 Å². The van der Waals surface area contributed by atoms with E-state index in [-0.39, 0.29) is 0 Å². The Kier molecular flexibility index (Phi) is 6.39. The van der Waals surface area contributed by atoms with Crippen molar-refractivity contribution in [1.82, 2.24) is 9.62 Å². The highest BCUT2D eigenvalue weighted by atomic mass is 32.2. The third-order valence-corrected chi connectivity index (χ3v) is 5.18. The molecule has 20 heavy (non-hydrogen) atoms. The van der Waals surface area contributed by atoms with Crippen LogP contribution in [-0.2, 0) is 16.6 Å². The lowest BCUT2D eigenvalue weighted by Crippen LogP contribution is -2.28. The van der Waals surface area contributed by atoms with Gasteiger partial charge in [-0.1, -0.05) is 25.1 Å². The smallest absolute Gasteiger partial charge is 0.243 e. The van der Waals surface area contributed by atoms with Gasteiger partial charge in [0.2, 0.25) is 10.0 Å². The summed E-state index contributed by atoms with van der Waals surface area (Å²) in [7, 11) is -1.88. The fourth-order valence-electron chi connectivity index (χ4n) is 1.98. The monoisotopic (exact) mass is 296 g/mol. The molecule has 0 aromatic heterocycles. The van der Waals surface area contributed by atoms with Crippen molar-refractivity contribution in [3.8, 4) is 0 Å². The maximum absolute atomic E-state index is 12.5. The Morgan fingerprint density at radius 2 is 2.10 bits per heavy atom. The molecule has 0 saturated carbocycles. The number of hydrogen-bond donors (Lipinski definition) is 1. The van der Waals surface area contributed by atoms with Gasteiger partial charge >= 0.3 is 0 Å². The number of sulfonamides is 1. The minimum atomic E-state index is -3.45. The fraction of sp³-hybridized carbons (Fsp3) is 0.467. The fourth-order valence-corrected chi connectivity index (χ4v) is 3.38. The van der Waals surface area contributed by atoms with Crippen molar-refractivity contribution in [2.45, 2.75) is 31.7 Å². The van der Waals surface area contributed by atoms with E-state index >= 15 is 0 Å². The molecule has 0 atom stereocenters. The molecule has 112 valence electrons. The van der Waals surface area contributed by atoms with Crippen LogP contribution in [0, 0.1) is 6.92 Å². The van der Waals surface area contributed by atoms with Crippen LogP contribution in [0.5, 0.6) is 0 Å². The zero-order valence-electron chi connectivity index (χ0n) is 12.5. The summed E-state index contributed by atoms with van der Waals surface area (Å²) < 4.78 is 26.3.